The van der Waals surface area contributed by atoms with Gasteiger partial charge >= 0.3 is 0 Å². The van der Waals surface area contributed by atoms with Crippen LogP contribution in [0.4, 0.5) is 0 Å². The van der Waals surface area contributed by atoms with Crippen molar-refractivity contribution in [3.05, 3.63) is 11.8 Å². The van der Waals surface area contributed by atoms with Crippen molar-refractivity contribution in [1.29, 1.82) is 0 Å². The summed E-state index contributed by atoms with van der Waals surface area (Å²) in [5.74, 6) is 0.129. The lowest BCUT2D eigenvalue weighted by atomic mass is 9.99. The molecular weight excluding hydrogens is 164 g/mol. The summed E-state index contributed by atoms with van der Waals surface area (Å²) in [5, 5.41) is 0. The van der Waals surface area contributed by atoms with E-state index in [1.165, 1.54) is 0 Å². The summed E-state index contributed by atoms with van der Waals surface area (Å²) in [6.07, 6.45) is 5.29. The first kappa shape index (κ1) is 10.1. The van der Waals surface area contributed by atoms with E-state index < -0.39 is 0 Å². The summed E-state index contributed by atoms with van der Waals surface area (Å²) in [6, 6.07) is -0.388. The molecule has 1 atom stereocenters. The molecular formula is C10H16N2O. The minimum Gasteiger partial charge on any atom is -0.321 e. The number of carbonyl (C=O) groups excluding carboxylic acids is 1. The van der Waals surface area contributed by atoms with Crippen LogP contribution in [-0.4, -0.2) is 18.0 Å². The molecule has 0 aromatic heterocycles. The first-order valence-corrected chi connectivity index (χ1v) is 4.62. The first-order valence-electron chi connectivity index (χ1n) is 4.62. The number of hydrogen-bond acceptors (Lipinski definition) is 3. The van der Waals surface area contributed by atoms with Gasteiger partial charge in [0.15, 0.2) is 5.78 Å². The van der Waals surface area contributed by atoms with E-state index in [-0.39, 0.29) is 17.7 Å². The largest absolute Gasteiger partial charge is 0.321 e. The van der Waals surface area contributed by atoms with E-state index in [1.54, 1.807) is 0 Å². The predicted octanol–water partition coefficient (Wildman–Crippen LogP) is 1.29. The molecule has 13 heavy (non-hydrogen) atoms. The molecule has 0 bridgehead atoms. The molecule has 0 saturated carbocycles. The van der Waals surface area contributed by atoms with Crippen LogP contribution in [-0.2, 0) is 4.79 Å². The van der Waals surface area contributed by atoms with Crippen LogP contribution in [0.2, 0.25) is 0 Å². The number of allylic oxidation sites excluding steroid dienone is 1. The number of ketones is 1. The lowest BCUT2D eigenvalue weighted by Gasteiger charge is -2.11. The highest BCUT2D eigenvalue weighted by Gasteiger charge is 2.18. The zero-order valence-corrected chi connectivity index (χ0v) is 8.16. The van der Waals surface area contributed by atoms with E-state index in [2.05, 4.69) is 4.99 Å². The smallest absolute Gasteiger partial charge is 0.152 e. The molecule has 3 nitrogen and oxygen atoms in total. The molecule has 0 fully saturated rings. The Morgan fingerprint density at radius 2 is 2.38 bits per heavy atom. The van der Waals surface area contributed by atoms with Crippen LogP contribution < -0.4 is 5.73 Å². The molecule has 0 spiro atoms. The third-order valence-corrected chi connectivity index (χ3v) is 2.08. The van der Waals surface area contributed by atoms with Crippen LogP contribution in [0.1, 0.15) is 26.7 Å². The summed E-state index contributed by atoms with van der Waals surface area (Å²) < 4.78 is 0. The van der Waals surface area contributed by atoms with Crippen molar-refractivity contribution in [3.63, 3.8) is 0 Å². The molecule has 1 aliphatic heterocycles. The molecule has 1 heterocycles. The average molecular weight is 180 g/mol. The van der Waals surface area contributed by atoms with Gasteiger partial charge in [0.25, 0.3) is 0 Å². The van der Waals surface area contributed by atoms with Gasteiger partial charge in [0.05, 0.1) is 6.04 Å². The maximum atomic E-state index is 11.4. The molecule has 1 rings (SSSR count). The molecule has 0 aromatic carbocycles. The van der Waals surface area contributed by atoms with E-state index in [9.17, 15) is 4.79 Å². The fourth-order valence-corrected chi connectivity index (χ4v) is 1.30. The van der Waals surface area contributed by atoms with E-state index in [0.29, 0.717) is 6.42 Å². The van der Waals surface area contributed by atoms with E-state index in [4.69, 9.17) is 5.73 Å². The van der Waals surface area contributed by atoms with Crippen LogP contribution in [0.5, 0.6) is 0 Å². The van der Waals surface area contributed by atoms with Crippen molar-refractivity contribution in [2.24, 2.45) is 16.6 Å². The molecule has 1 aliphatic rings. The van der Waals surface area contributed by atoms with Gasteiger partial charge in [0.1, 0.15) is 0 Å². The third kappa shape index (κ3) is 2.77. The Labute approximate surface area is 78.7 Å². The number of carbonyl (C=O) groups is 1. The van der Waals surface area contributed by atoms with Gasteiger partial charge in [-0.25, -0.2) is 0 Å². The third-order valence-electron chi connectivity index (χ3n) is 2.08. The first-order chi connectivity index (χ1) is 6.11. The fraction of sp³-hybridized carbons (Fsp3) is 0.600. The Kier molecular flexibility index (Phi) is 3.37. The molecule has 0 saturated heterocycles. The second kappa shape index (κ2) is 4.33. The highest BCUT2D eigenvalue weighted by atomic mass is 16.1. The summed E-state index contributed by atoms with van der Waals surface area (Å²) >= 11 is 0. The molecule has 0 aliphatic carbocycles. The van der Waals surface area contributed by atoms with E-state index in [0.717, 1.165) is 12.1 Å². The van der Waals surface area contributed by atoms with Gasteiger partial charge in [-0.15, -0.1) is 0 Å². The monoisotopic (exact) mass is 180 g/mol. The van der Waals surface area contributed by atoms with Crippen molar-refractivity contribution < 1.29 is 4.79 Å². The van der Waals surface area contributed by atoms with Crippen molar-refractivity contribution in [2.75, 3.05) is 0 Å². The summed E-state index contributed by atoms with van der Waals surface area (Å²) in [7, 11) is 0. The van der Waals surface area contributed by atoms with Crippen molar-refractivity contribution >= 4 is 12.0 Å². The van der Waals surface area contributed by atoms with Gasteiger partial charge in [0, 0.05) is 30.7 Å². The molecule has 2 N–H and O–H groups in total. The van der Waals surface area contributed by atoms with Crippen LogP contribution in [0.15, 0.2) is 16.8 Å². The van der Waals surface area contributed by atoms with Crippen LogP contribution in [0.3, 0.4) is 0 Å². The second-order valence-corrected chi connectivity index (χ2v) is 3.61. The van der Waals surface area contributed by atoms with Gasteiger partial charge in [-0.05, 0) is 0 Å². The fourth-order valence-electron chi connectivity index (χ4n) is 1.30. The van der Waals surface area contributed by atoms with Gasteiger partial charge in [-0.2, -0.15) is 0 Å². The zero-order valence-electron chi connectivity index (χ0n) is 8.16. The zero-order chi connectivity index (χ0) is 9.84. The highest BCUT2D eigenvalue weighted by Crippen LogP contribution is 2.13. The normalized spacial score (nSPS) is 17.7. The van der Waals surface area contributed by atoms with Crippen LogP contribution >= 0.6 is 0 Å². The van der Waals surface area contributed by atoms with Gasteiger partial charge in [-0.3, -0.25) is 9.79 Å². The maximum absolute atomic E-state index is 11.4. The molecule has 0 unspecified atom stereocenters. The molecule has 3 heteroatoms. The van der Waals surface area contributed by atoms with Crippen LogP contribution in [0.25, 0.3) is 0 Å². The van der Waals surface area contributed by atoms with Gasteiger partial charge < -0.3 is 5.73 Å². The minimum atomic E-state index is -0.388. The summed E-state index contributed by atoms with van der Waals surface area (Å²) in [5.41, 5.74) is 6.68. The molecule has 72 valence electrons. The Morgan fingerprint density at radius 3 is 2.85 bits per heavy atom. The van der Waals surface area contributed by atoms with E-state index >= 15 is 0 Å². The number of nitrogens with zero attached hydrogens (tertiary/aromatic N) is 1. The second-order valence-electron chi connectivity index (χ2n) is 3.61. The Bertz CT molecular complexity index is 254. The Morgan fingerprint density at radius 1 is 1.69 bits per heavy atom. The Balaban J connectivity index is 2.45. The van der Waals surface area contributed by atoms with Gasteiger partial charge in [-0.1, -0.05) is 19.9 Å². The van der Waals surface area contributed by atoms with Gasteiger partial charge in [0.2, 0.25) is 0 Å². The number of rotatable bonds is 4. The van der Waals surface area contributed by atoms with Crippen molar-refractivity contribution in [2.45, 2.75) is 32.7 Å². The average Bonchev–Trinajstić information content (AvgIpc) is 2.55. The number of nitrogens with two attached hydrogens (primary N) is 1. The number of Topliss-reactive ketones (excluding diaryl/α,β-unsaturated/α-hetero) is 1. The molecule has 0 aromatic rings. The quantitative estimate of drug-likeness (QED) is 0.708. The predicted molar refractivity (Wildman–Crippen MR) is 53.6 cm³/mol. The Hall–Kier alpha value is -0.960. The molecule has 0 amide bonds. The molecule has 0 radical (unpaired) electrons. The van der Waals surface area contributed by atoms with Crippen LogP contribution in [0, 0.1) is 5.92 Å². The number of hydrogen-bond donors (Lipinski definition) is 1. The van der Waals surface area contributed by atoms with E-state index in [1.807, 2.05) is 26.1 Å². The number of aliphatic imine (C=N–C) groups is 1. The van der Waals surface area contributed by atoms with Crippen molar-refractivity contribution in [1.82, 2.24) is 0 Å². The minimum absolute atomic E-state index is 0.0148. The topological polar surface area (TPSA) is 55.5 Å². The van der Waals surface area contributed by atoms with Crippen molar-refractivity contribution in [3.8, 4) is 0 Å². The standard InChI is InChI=1S/C10H16N2O/c1-7(2)10(13)9(11)6-8-4-3-5-12-8/h4-5,7,9H,3,6,11H2,1-2H3/t9-/m1/s1. The lowest BCUT2D eigenvalue weighted by Crippen LogP contribution is -2.33. The highest BCUT2D eigenvalue weighted by molar-refractivity contribution is 5.85. The summed E-state index contributed by atoms with van der Waals surface area (Å²) in [6.45, 7) is 3.74. The SMILES string of the molecule is CC(C)C(=O)[C@H](N)CC1=CCC=N1. The lowest BCUT2D eigenvalue weighted by molar-refractivity contribution is -0.123. The summed E-state index contributed by atoms with van der Waals surface area (Å²) in [4.78, 5) is 15.5. The maximum Gasteiger partial charge on any atom is 0.152 e.